The second-order valence-corrected chi connectivity index (χ2v) is 14.8. The summed E-state index contributed by atoms with van der Waals surface area (Å²) in [5.74, 6) is -0.562. The molecule has 11 rings (SSSR count). The number of rotatable bonds is 6. The first kappa shape index (κ1) is 33.9. The number of halogens is 2. The Morgan fingerprint density at radius 1 is 0.466 bits per heavy atom. The van der Waals surface area contributed by atoms with E-state index in [2.05, 4.69) is 137 Å². The summed E-state index contributed by atoms with van der Waals surface area (Å²) in [6, 6.07) is 54.6. The maximum absolute atomic E-state index is 13.9. The Balaban J connectivity index is 0.959. The maximum Gasteiger partial charge on any atom is 0.235 e. The molecule has 6 heteroatoms. The summed E-state index contributed by atoms with van der Waals surface area (Å²) < 4.78 is 32.3. The fraction of sp³-hybridized carbons (Fsp3) is 0.0385. The van der Waals surface area contributed by atoms with E-state index in [1.807, 2.05) is 36.5 Å². The van der Waals surface area contributed by atoms with Crippen molar-refractivity contribution in [1.82, 2.24) is 19.1 Å². The van der Waals surface area contributed by atoms with Gasteiger partial charge in [0.1, 0.15) is 11.6 Å². The van der Waals surface area contributed by atoms with Crippen LogP contribution in [-0.4, -0.2) is 19.1 Å². The standard InChI is InChI=1S/C52H34F2N4/c53-40-28-39(29-41(54)32-40)34-19-17-33(18-20-34)35-9-8-10-38(27-35)47-25-26-55-52(56-47)58-49-16-7-5-14-44(49)46-31-37(22-24-51(46)58)36-21-23-50-45(30-36)43-13-4-6-15-48(43)57(50)42-11-2-1-3-12-42/h1-7,10-32H,8-9H2. The quantitative estimate of drug-likeness (QED) is 0.170. The molecular weight excluding hydrogens is 719 g/mol. The number of para-hydroxylation sites is 3. The average Bonchev–Trinajstić information content (AvgIpc) is 3.79. The van der Waals surface area contributed by atoms with Gasteiger partial charge in [0, 0.05) is 39.5 Å². The molecule has 0 N–H and O–H groups in total. The molecule has 0 unspecified atom stereocenters. The monoisotopic (exact) mass is 752 g/mol. The maximum atomic E-state index is 13.9. The molecule has 0 spiro atoms. The summed E-state index contributed by atoms with van der Waals surface area (Å²) in [7, 11) is 0. The molecule has 0 bridgehead atoms. The normalized spacial score (nSPS) is 13.1. The predicted octanol–water partition coefficient (Wildman–Crippen LogP) is 13.5. The molecule has 0 aliphatic heterocycles. The van der Waals surface area contributed by atoms with Gasteiger partial charge in [-0.25, -0.2) is 18.7 Å². The van der Waals surface area contributed by atoms with Gasteiger partial charge in [-0.2, -0.15) is 0 Å². The van der Waals surface area contributed by atoms with Gasteiger partial charge in [0.2, 0.25) is 5.95 Å². The van der Waals surface area contributed by atoms with E-state index in [1.54, 1.807) is 0 Å². The van der Waals surface area contributed by atoms with E-state index in [0.717, 1.165) is 79.9 Å². The lowest BCUT2D eigenvalue weighted by Crippen LogP contribution is -2.03. The van der Waals surface area contributed by atoms with Gasteiger partial charge < -0.3 is 4.57 Å². The summed E-state index contributed by atoms with van der Waals surface area (Å²) in [4.78, 5) is 10.00. The van der Waals surface area contributed by atoms with E-state index in [0.29, 0.717) is 11.5 Å². The summed E-state index contributed by atoms with van der Waals surface area (Å²) in [6.45, 7) is 0. The van der Waals surface area contributed by atoms with Crippen molar-refractivity contribution < 1.29 is 8.78 Å². The number of allylic oxidation sites excluding steroid dienone is 4. The zero-order valence-corrected chi connectivity index (χ0v) is 31.3. The molecule has 0 saturated heterocycles. The van der Waals surface area contributed by atoms with Crippen LogP contribution in [0.4, 0.5) is 8.78 Å². The molecule has 58 heavy (non-hydrogen) atoms. The van der Waals surface area contributed by atoms with Crippen LogP contribution < -0.4 is 0 Å². The Hall–Kier alpha value is -7.44. The Morgan fingerprint density at radius 3 is 1.72 bits per heavy atom. The molecule has 0 radical (unpaired) electrons. The van der Waals surface area contributed by atoms with Gasteiger partial charge in [0.15, 0.2) is 0 Å². The van der Waals surface area contributed by atoms with E-state index >= 15 is 0 Å². The molecule has 1 aliphatic rings. The lowest BCUT2D eigenvalue weighted by Gasteiger charge is -2.15. The molecule has 276 valence electrons. The molecule has 3 aromatic heterocycles. The second-order valence-electron chi connectivity index (χ2n) is 14.8. The smallest absolute Gasteiger partial charge is 0.235 e. The van der Waals surface area contributed by atoms with Crippen molar-refractivity contribution in [3.05, 3.63) is 205 Å². The molecule has 0 saturated carbocycles. The van der Waals surface area contributed by atoms with Crippen LogP contribution >= 0.6 is 0 Å². The molecular formula is C52H34F2N4. The SMILES string of the molecule is Fc1cc(F)cc(-c2ccc(C3=CC(c4ccnc(-n5c6ccccc6c6cc(-c7ccc8c(c7)c7ccccc7n8-c7ccccc7)ccc65)n4)=CCC3)cc2)c1. The van der Waals surface area contributed by atoms with Crippen LogP contribution in [0.1, 0.15) is 24.1 Å². The Morgan fingerprint density at radius 2 is 1.03 bits per heavy atom. The highest BCUT2D eigenvalue weighted by atomic mass is 19.1. The van der Waals surface area contributed by atoms with E-state index in [1.165, 1.54) is 39.5 Å². The van der Waals surface area contributed by atoms with Crippen LogP contribution in [0.15, 0.2) is 182 Å². The zero-order chi connectivity index (χ0) is 38.7. The minimum atomic E-state index is -0.587. The van der Waals surface area contributed by atoms with Crippen LogP contribution in [0.3, 0.4) is 0 Å². The number of nitrogens with zero attached hydrogens (tertiary/aromatic N) is 4. The minimum absolute atomic E-state index is 0.516. The Labute approximate surface area is 333 Å². The molecule has 1 aliphatic carbocycles. The van der Waals surface area contributed by atoms with Crippen LogP contribution in [-0.2, 0) is 0 Å². The van der Waals surface area contributed by atoms with Crippen molar-refractivity contribution in [2.24, 2.45) is 0 Å². The van der Waals surface area contributed by atoms with E-state index in [4.69, 9.17) is 9.97 Å². The molecule has 3 heterocycles. The molecule has 4 nitrogen and oxygen atoms in total. The van der Waals surface area contributed by atoms with Gasteiger partial charge in [-0.1, -0.05) is 97.1 Å². The van der Waals surface area contributed by atoms with Crippen molar-refractivity contribution in [2.45, 2.75) is 12.8 Å². The predicted molar refractivity (Wildman–Crippen MR) is 233 cm³/mol. The summed E-state index contributed by atoms with van der Waals surface area (Å²) >= 11 is 0. The zero-order valence-electron chi connectivity index (χ0n) is 31.3. The summed E-state index contributed by atoms with van der Waals surface area (Å²) in [6.07, 6.45) is 8.01. The first-order valence-corrected chi connectivity index (χ1v) is 19.5. The van der Waals surface area contributed by atoms with E-state index in [-0.39, 0.29) is 0 Å². The highest BCUT2D eigenvalue weighted by Gasteiger charge is 2.18. The largest absolute Gasteiger partial charge is 0.309 e. The van der Waals surface area contributed by atoms with E-state index < -0.39 is 11.6 Å². The van der Waals surface area contributed by atoms with Gasteiger partial charge in [0.05, 0.1) is 27.8 Å². The number of fused-ring (bicyclic) bond motifs is 6. The number of hydrogen-bond acceptors (Lipinski definition) is 2. The third kappa shape index (κ3) is 5.72. The Kier molecular flexibility index (Phi) is 7.96. The van der Waals surface area contributed by atoms with Crippen molar-refractivity contribution in [3.8, 4) is 33.9 Å². The highest BCUT2D eigenvalue weighted by Crippen LogP contribution is 2.38. The third-order valence-electron chi connectivity index (χ3n) is 11.4. The van der Waals surface area contributed by atoms with Gasteiger partial charge in [-0.15, -0.1) is 0 Å². The van der Waals surface area contributed by atoms with Crippen LogP contribution in [0.25, 0.3) is 88.6 Å². The first-order chi connectivity index (χ1) is 28.6. The fourth-order valence-corrected chi connectivity index (χ4v) is 8.70. The second kappa shape index (κ2) is 13.6. The topological polar surface area (TPSA) is 35.6 Å². The molecule has 0 fully saturated rings. The lowest BCUT2D eigenvalue weighted by atomic mass is 9.91. The van der Waals surface area contributed by atoms with Crippen LogP contribution in [0, 0.1) is 11.6 Å². The fourth-order valence-electron chi connectivity index (χ4n) is 8.70. The minimum Gasteiger partial charge on any atom is -0.309 e. The number of hydrogen-bond donors (Lipinski definition) is 0. The average molecular weight is 753 g/mol. The van der Waals surface area contributed by atoms with Crippen molar-refractivity contribution in [2.75, 3.05) is 0 Å². The van der Waals surface area contributed by atoms with Crippen molar-refractivity contribution in [3.63, 3.8) is 0 Å². The van der Waals surface area contributed by atoms with Gasteiger partial charge in [-0.3, -0.25) is 4.57 Å². The first-order valence-electron chi connectivity index (χ1n) is 19.5. The summed E-state index contributed by atoms with van der Waals surface area (Å²) in [5.41, 5.74) is 13.3. The molecule has 10 aromatic rings. The van der Waals surface area contributed by atoms with Crippen molar-refractivity contribution >= 4 is 54.8 Å². The van der Waals surface area contributed by atoms with Crippen LogP contribution in [0.2, 0.25) is 0 Å². The Bertz CT molecular complexity index is 3280. The van der Waals surface area contributed by atoms with E-state index in [9.17, 15) is 8.78 Å². The highest BCUT2D eigenvalue weighted by molar-refractivity contribution is 6.12. The van der Waals surface area contributed by atoms with Crippen LogP contribution in [0.5, 0.6) is 0 Å². The summed E-state index contributed by atoms with van der Waals surface area (Å²) in [5, 5.41) is 4.72. The third-order valence-corrected chi connectivity index (χ3v) is 11.4. The molecule has 7 aromatic carbocycles. The van der Waals surface area contributed by atoms with Gasteiger partial charge in [-0.05, 0) is 125 Å². The number of benzene rings is 7. The lowest BCUT2D eigenvalue weighted by molar-refractivity contribution is 0.584. The number of aromatic nitrogens is 4. The van der Waals surface area contributed by atoms with Crippen molar-refractivity contribution in [1.29, 1.82) is 0 Å². The molecule has 0 atom stereocenters. The molecule has 0 amide bonds. The van der Waals surface area contributed by atoms with Gasteiger partial charge in [0.25, 0.3) is 0 Å². The van der Waals surface area contributed by atoms with Gasteiger partial charge >= 0.3 is 0 Å².